The molecule has 0 saturated carbocycles. The van der Waals surface area contributed by atoms with Gasteiger partial charge in [-0.05, 0) is 42.0 Å². The van der Waals surface area contributed by atoms with E-state index in [1.165, 1.54) is 0 Å². The first-order chi connectivity index (χ1) is 11.1. The molecule has 0 unspecified atom stereocenters. The Labute approximate surface area is 145 Å². The number of nitrogens with two attached hydrogens (primary N) is 1. The SMILES string of the molecule is COc1ccc(OC)c(/C=C(/Br)Cc2ccc(OC)c(N)c2)c1. The van der Waals surface area contributed by atoms with Crippen LogP contribution in [0.2, 0.25) is 0 Å². The lowest BCUT2D eigenvalue weighted by Crippen LogP contribution is -1.95. The van der Waals surface area contributed by atoms with E-state index in [1.807, 2.05) is 42.5 Å². The summed E-state index contributed by atoms with van der Waals surface area (Å²) in [5.74, 6) is 2.26. The van der Waals surface area contributed by atoms with Gasteiger partial charge in [0.2, 0.25) is 0 Å². The van der Waals surface area contributed by atoms with Crippen LogP contribution < -0.4 is 19.9 Å². The lowest BCUT2D eigenvalue weighted by atomic mass is 10.1. The Morgan fingerprint density at radius 2 is 1.70 bits per heavy atom. The Balaban J connectivity index is 2.24. The number of rotatable bonds is 6. The van der Waals surface area contributed by atoms with Crippen molar-refractivity contribution in [2.75, 3.05) is 27.1 Å². The van der Waals surface area contributed by atoms with Gasteiger partial charge in [0.25, 0.3) is 0 Å². The molecule has 4 nitrogen and oxygen atoms in total. The van der Waals surface area contributed by atoms with Gasteiger partial charge in [0.1, 0.15) is 17.2 Å². The number of anilines is 1. The Hall–Kier alpha value is -2.14. The Morgan fingerprint density at radius 3 is 2.30 bits per heavy atom. The van der Waals surface area contributed by atoms with Crippen LogP contribution in [0.1, 0.15) is 11.1 Å². The average molecular weight is 378 g/mol. The molecule has 23 heavy (non-hydrogen) atoms. The van der Waals surface area contributed by atoms with E-state index in [1.54, 1.807) is 21.3 Å². The lowest BCUT2D eigenvalue weighted by molar-refractivity contribution is 0.402. The summed E-state index contributed by atoms with van der Waals surface area (Å²) < 4.78 is 16.8. The fraction of sp³-hybridized carbons (Fsp3) is 0.222. The fourth-order valence-electron chi connectivity index (χ4n) is 2.26. The summed E-state index contributed by atoms with van der Waals surface area (Å²) in [5, 5.41) is 0. The van der Waals surface area contributed by atoms with Crippen molar-refractivity contribution in [1.29, 1.82) is 0 Å². The van der Waals surface area contributed by atoms with Gasteiger partial charge in [-0.2, -0.15) is 0 Å². The molecule has 0 aromatic heterocycles. The van der Waals surface area contributed by atoms with Gasteiger partial charge < -0.3 is 19.9 Å². The van der Waals surface area contributed by atoms with Crippen LogP contribution in [-0.4, -0.2) is 21.3 Å². The molecule has 0 radical (unpaired) electrons. The van der Waals surface area contributed by atoms with Crippen LogP contribution in [-0.2, 0) is 6.42 Å². The first-order valence-electron chi connectivity index (χ1n) is 7.08. The number of allylic oxidation sites excluding steroid dienone is 1. The van der Waals surface area contributed by atoms with E-state index in [-0.39, 0.29) is 0 Å². The summed E-state index contributed by atoms with van der Waals surface area (Å²) in [6.07, 6.45) is 2.73. The summed E-state index contributed by atoms with van der Waals surface area (Å²) >= 11 is 3.61. The van der Waals surface area contributed by atoms with Crippen molar-refractivity contribution in [3.05, 3.63) is 52.0 Å². The standard InChI is InChI=1S/C18H20BrNO3/c1-21-15-5-7-17(22-2)13(11-15)10-14(19)8-12-4-6-18(23-3)16(20)9-12/h4-7,9-11H,8,20H2,1-3H3/b14-10+. The monoisotopic (exact) mass is 377 g/mol. The molecule has 0 fully saturated rings. The zero-order valence-corrected chi connectivity index (χ0v) is 15.0. The maximum atomic E-state index is 5.95. The van der Waals surface area contributed by atoms with Crippen molar-refractivity contribution in [1.82, 2.24) is 0 Å². The number of hydrogen-bond donors (Lipinski definition) is 1. The highest BCUT2D eigenvalue weighted by Gasteiger charge is 2.06. The van der Waals surface area contributed by atoms with Crippen LogP contribution in [0.3, 0.4) is 0 Å². The number of halogens is 1. The van der Waals surface area contributed by atoms with Crippen molar-refractivity contribution < 1.29 is 14.2 Å². The quantitative estimate of drug-likeness (QED) is 0.763. The van der Waals surface area contributed by atoms with E-state index >= 15 is 0 Å². The van der Waals surface area contributed by atoms with Gasteiger partial charge in [-0.3, -0.25) is 0 Å². The van der Waals surface area contributed by atoms with Crippen LogP contribution in [0, 0.1) is 0 Å². The summed E-state index contributed by atoms with van der Waals surface area (Å²) in [6, 6.07) is 11.5. The van der Waals surface area contributed by atoms with Crippen molar-refractivity contribution in [2.24, 2.45) is 0 Å². The fourth-order valence-corrected chi connectivity index (χ4v) is 2.83. The maximum absolute atomic E-state index is 5.95. The van der Waals surface area contributed by atoms with E-state index in [4.69, 9.17) is 19.9 Å². The van der Waals surface area contributed by atoms with Crippen LogP contribution in [0.25, 0.3) is 6.08 Å². The van der Waals surface area contributed by atoms with Crippen molar-refractivity contribution >= 4 is 27.7 Å². The van der Waals surface area contributed by atoms with E-state index in [9.17, 15) is 0 Å². The second kappa shape index (κ2) is 7.92. The van der Waals surface area contributed by atoms with Crippen LogP contribution >= 0.6 is 15.9 Å². The molecule has 2 aromatic rings. The third-order valence-electron chi connectivity index (χ3n) is 3.42. The summed E-state index contributed by atoms with van der Waals surface area (Å²) in [7, 11) is 4.90. The minimum atomic E-state index is 0.629. The third-order valence-corrected chi connectivity index (χ3v) is 3.93. The normalized spacial score (nSPS) is 11.2. The average Bonchev–Trinajstić information content (AvgIpc) is 2.54. The molecule has 0 aliphatic heterocycles. The van der Waals surface area contributed by atoms with Crippen LogP contribution in [0.5, 0.6) is 17.2 Å². The van der Waals surface area contributed by atoms with Gasteiger partial charge in [-0.15, -0.1) is 0 Å². The van der Waals surface area contributed by atoms with Crippen LogP contribution in [0.4, 0.5) is 5.69 Å². The number of hydrogen-bond acceptors (Lipinski definition) is 4. The number of nitrogen functional groups attached to an aromatic ring is 1. The Morgan fingerprint density at radius 1 is 1.00 bits per heavy atom. The number of benzene rings is 2. The van der Waals surface area contributed by atoms with Crippen molar-refractivity contribution in [3.8, 4) is 17.2 Å². The largest absolute Gasteiger partial charge is 0.497 e. The van der Waals surface area contributed by atoms with Gasteiger partial charge in [-0.25, -0.2) is 0 Å². The minimum absolute atomic E-state index is 0.629. The minimum Gasteiger partial charge on any atom is -0.497 e. The molecule has 0 amide bonds. The van der Waals surface area contributed by atoms with E-state index < -0.39 is 0 Å². The molecule has 0 bridgehead atoms. The second-order valence-electron chi connectivity index (χ2n) is 4.95. The Bertz CT molecular complexity index is 713. The molecule has 0 heterocycles. The molecule has 0 atom stereocenters. The molecule has 5 heteroatoms. The zero-order chi connectivity index (χ0) is 16.8. The van der Waals surface area contributed by atoms with Gasteiger partial charge in [0.05, 0.1) is 27.0 Å². The number of ether oxygens (including phenoxy) is 3. The van der Waals surface area contributed by atoms with E-state index in [2.05, 4.69) is 15.9 Å². The summed E-state index contributed by atoms with van der Waals surface area (Å²) in [6.45, 7) is 0. The van der Waals surface area contributed by atoms with Gasteiger partial charge >= 0.3 is 0 Å². The van der Waals surface area contributed by atoms with Crippen molar-refractivity contribution in [3.63, 3.8) is 0 Å². The summed E-state index contributed by atoms with van der Waals surface area (Å²) in [5.41, 5.74) is 8.61. The first kappa shape index (κ1) is 17.2. The van der Waals surface area contributed by atoms with Gasteiger partial charge in [0.15, 0.2) is 0 Å². The predicted molar refractivity (Wildman–Crippen MR) is 97.6 cm³/mol. The molecular formula is C18H20BrNO3. The first-order valence-corrected chi connectivity index (χ1v) is 7.87. The van der Waals surface area contributed by atoms with E-state index in [0.29, 0.717) is 17.9 Å². The highest BCUT2D eigenvalue weighted by molar-refractivity contribution is 9.11. The summed E-state index contributed by atoms with van der Waals surface area (Å²) in [4.78, 5) is 0. The van der Waals surface area contributed by atoms with E-state index in [0.717, 1.165) is 27.1 Å². The second-order valence-corrected chi connectivity index (χ2v) is 5.97. The molecule has 122 valence electrons. The van der Waals surface area contributed by atoms with Gasteiger partial charge in [-0.1, -0.05) is 22.0 Å². The molecular weight excluding hydrogens is 358 g/mol. The third kappa shape index (κ3) is 4.42. The topological polar surface area (TPSA) is 53.7 Å². The molecule has 0 aliphatic rings. The molecule has 2 rings (SSSR count). The molecule has 2 aromatic carbocycles. The smallest absolute Gasteiger partial charge is 0.141 e. The maximum Gasteiger partial charge on any atom is 0.141 e. The molecule has 0 spiro atoms. The highest BCUT2D eigenvalue weighted by Crippen LogP contribution is 2.29. The Kier molecular flexibility index (Phi) is 5.93. The van der Waals surface area contributed by atoms with Gasteiger partial charge in [0, 0.05) is 16.5 Å². The molecule has 0 aliphatic carbocycles. The zero-order valence-electron chi connectivity index (χ0n) is 13.4. The number of methoxy groups -OCH3 is 3. The lowest BCUT2D eigenvalue weighted by Gasteiger charge is -2.09. The highest BCUT2D eigenvalue weighted by atomic mass is 79.9. The predicted octanol–water partition coefficient (Wildman–Crippen LogP) is 4.27. The van der Waals surface area contributed by atoms with Crippen molar-refractivity contribution in [2.45, 2.75) is 6.42 Å². The molecule has 0 saturated heterocycles. The molecule has 2 N–H and O–H groups in total. The van der Waals surface area contributed by atoms with Crippen LogP contribution in [0.15, 0.2) is 40.9 Å².